The van der Waals surface area contributed by atoms with Gasteiger partial charge in [-0.1, -0.05) is 49.4 Å². The molecule has 1 aliphatic carbocycles. The van der Waals surface area contributed by atoms with Crippen LogP contribution in [0.2, 0.25) is 0 Å². The van der Waals surface area contributed by atoms with E-state index in [-0.39, 0.29) is 0 Å². The van der Waals surface area contributed by atoms with E-state index in [1.54, 1.807) is 0 Å². The quantitative estimate of drug-likeness (QED) is 0.825. The highest BCUT2D eigenvalue weighted by molar-refractivity contribution is 5.86. The van der Waals surface area contributed by atoms with Gasteiger partial charge in [-0.2, -0.15) is 0 Å². The number of nitrogens with one attached hydrogen (secondary N) is 1. The minimum absolute atomic E-state index is 0.423. The Morgan fingerprint density at radius 2 is 1.79 bits per heavy atom. The number of benzene rings is 2. The summed E-state index contributed by atoms with van der Waals surface area (Å²) < 4.78 is 0. The Balaban J connectivity index is 1.75. The van der Waals surface area contributed by atoms with Crippen molar-refractivity contribution in [2.45, 2.75) is 32.7 Å². The number of fused-ring (bicyclic) bond motifs is 1. The molecular formula is C18H23N. The summed E-state index contributed by atoms with van der Waals surface area (Å²) in [5, 5.41) is 6.43. The molecule has 2 aromatic rings. The zero-order valence-electron chi connectivity index (χ0n) is 11.9. The van der Waals surface area contributed by atoms with E-state index in [9.17, 15) is 0 Å². The molecule has 1 heteroatoms. The van der Waals surface area contributed by atoms with Gasteiger partial charge in [0, 0.05) is 6.04 Å². The summed E-state index contributed by atoms with van der Waals surface area (Å²) in [5.41, 5.74) is 1.42. The van der Waals surface area contributed by atoms with Crippen LogP contribution in [0, 0.1) is 11.8 Å². The highest BCUT2D eigenvalue weighted by Gasteiger charge is 2.27. The molecule has 19 heavy (non-hydrogen) atoms. The average Bonchev–Trinajstić information content (AvgIpc) is 3.28. The Morgan fingerprint density at radius 1 is 1.05 bits per heavy atom. The molecule has 0 bridgehead atoms. The van der Waals surface area contributed by atoms with Gasteiger partial charge in [0.25, 0.3) is 0 Å². The van der Waals surface area contributed by atoms with Gasteiger partial charge in [-0.3, -0.25) is 0 Å². The summed E-state index contributed by atoms with van der Waals surface area (Å²) in [6, 6.07) is 15.7. The van der Waals surface area contributed by atoms with Gasteiger partial charge in [-0.15, -0.1) is 0 Å². The van der Waals surface area contributed by atoms with Gasteiger partial charge < -0.3 is 5.32 Å². The van der Waals surface area contributed by atoms with Gasteiger partial charge in [-0.25, -0.2) is 0 Å². The molecular weight excluding hydrogens is 230 g/mol. The summed E-state index contributed by atoms with van der Waals surface area (Å²) >= 11 is 0. The lowest BCUT2D eigenvalue weighted by Gasteiger charge is -2.19. The minimum Gasteiger partial charge on any atom is -0.310 e. The molecule has 0 radical (unpaired) electrons. The van der Waals surface area contributed by atoms with Crippen LogP contribution in [0.25, 0.3) is 10.8 Å². The molecule has 2 aromatic carbocycles. The molecule has 1 saturated carbocycles. The maximum Gasteiger partial charge on any atom is 0.0298 e. The fraction of sp³-hybridized carbons (Fsp3) is 0.444. The molecule has 0 spiro atoms. The normalized spacial score (nSPS) is 18.4. The Labute approximate surface area is 116 Å². The Kier molecular flexibility index (Phi) is 3.56. The van der Waals surface area contributed by atoms with Gasteiger partial charge in [0.05, 0.1) is 0 Å². The van der Waals surface area contributed by atoms with Crippen LogP contribution in [0.3, 0.4) is 0 Å². The van der Waals surface area contributed by atoms with Crippen LogP contribution < -0.4 is 5.32 Å². The van der Waals surface area contributed by atoms with Crippen molar-refractivity contribution in [3.05, 3.63) is 48.0 Å². The van der Waals surface area contributed by atoms with E-state index < -0.39 is 0 Å². The van der Waals surface area contributed by atoms with E-state index in [1.807, 2.05) is 0 Å². The second-order valence-electron chi connectivity index (χ2n) is 6.01. The van der Waals surface area contributed by atoms with Crippen LogP contribution in [0.1, 0.15) is 38.3 Å². The Bertz CT molecular complexity index is 551. The highest BCUT2D eigenvalue weighted by Crippen LogP contribution is 2.36. The molecule has 2 unspecified atom stereocenters. The third-order valence-corrected chi connectivity index (χ3v) is 4.46. The summed E-state index contributed by atoms with van der Waals surface area (Å²) in [4.78, 5) is 0. The largest absolute Gasteiger partial charge is 0.310 e. The standard InChI is InChI=1S/C18H23N/c1-13(15-10-11-15)12-19-14(2)17-9-5-7-16-6-3-4-8-18(16)17/h3-9,13-15,19H,10-12H2,1-2H3. The van der Waals surface area contributed by atoms with Crippen molar-refractivity contribution in [1.29, 1.82) is 0 Å². The minimum atomic E-state index is 0.423. The molecule has 1 fully saturated rings. The lowest BCUT2D eigenvalue weighted by Crippen LogP contribution is -2.25. The SMILES string of the molecule is CC(NCC(C)C1CC1)c1cccc2ccccc12. The van der Waals surface area contributed by atoms with Crippen LogP contribution in [0.4, 0.5) is 0 Å². The van der Waals surface area contributed by atoms with Crippen LogP contribution in [0.5, 0.6) is 0 Å². The number of rotatable bonds is 5. The average molecular weight is 253 g/mol. The number of hydrogen-bond acceptors (Lipinski definition) is 1. The lowest BCUT2D eigenvalue weighted by atomic mass is 9.99. The molecule has 0 aliphatic heterocycles. The lowest BCUT2D eigenvalue weighted by molar-refractivity contribution is 0.433. The molecule has 100 valence electrons. The van der Waals surface area contributed by atoms with E-state index >= 15 is 0 Å². The monoisotopic (exact) mass is 253 g/mol. The van der Waals surface area contributed by atoms with Crippen LogP contribution in [-0.4, -0.2) is 6.54 Å². The smallest absolute Gasteiger partial charge is 0.0298 e. The van der Waals surface area contributed by atoms with Crippen molar-refractivity contribution >= 4 is 10.8 Å². The molecule has 1 N–H and O–H groups in total. The van der Waals surface area contributed by atoms with Gasteiger partial charge in [0.15, 0.2) is 0 Å². The third-order valence-electron chi connectivity index (χ3n) is 4.46. The van der Waals surface area contributed by atoms with Crippen molar-refractivity contribution < 1.29 is 0 Å². The maximum absolute atomic E-state index is 3.71. The fourth-order valence-corrected chi connectivity index (χ4v) is 2.93. The van der Waals surface area contributed by atoms with Crippen LogP contribution in [0.15, 0.2) is 42.5 Å². The molecule has 1 aliphatic rings. The van der Waals surface area contributed by atoms with Gasteiger partial charge in [0.1, 0.15) is 0 Å². The van der Waals surface area contributed by atoms with Crippen molar-refractivity contribution in [2.24, 2.45) is 11.8 Å². The summed E-state index contributed by atoms with van der Waals surface area (Å²) in [7, 11) is 0. The molecule has 0 heterocycles. The van der Waals surface area contributed by atoms with Crippen LogP contribution in [-0.2, 0) is 0 Å². The molecule has 2 atom stereocenters. The van der Waals surface area contributed by atoms with E-state index in [0.717, 1.165) is 18.4 Å². The Morgan fingerprint density at radius 3 is 2.58 bits per heavy atom. The number of hydrogen-bond donors (Lipinski definition) is 1. The summed E-state index contributed by atoms with van der Waals surface area (Å²) in [6.07, 6.45) is 2.87. The van der Waals surface area contributed by atoms with E-state index in [2.05, 4.69) is 61.6 Å². The first-order valence-corrected chi connectivity index (χ1v) is 7.47. The third kappa shape index (κ3) is 2.82. The fourth-order valence-electron chi connectivity index (χ4n) is 2.93. The molecule has 0 amide bonds. The topological polar surface area (TPSA) is 12.0 Å². The molecule has 0 aromatic heterocycles. The first kappa shape index (κ1) is 12.7. The second kappa shape index (κ2) is 5.34. The van der Waals surface area contributed by atoms with E-state index in [1.165, 1.54) is 29.2 Å². The Hall–Kier alpha value is -1.34. The zero-order chi connectivity index (χ0) is 13.2. The van der Waals surface area contributed by atoms with Crippen molar-refractivity contribution in [3.8, 4) is 0 Å². The second-order valence-corrected chi connectivity index (χ2v) is 6.01. The summed E-state index contributed by atoms with van der Waals surface area (Å²) in [6.45, 7) is 5.79. The van der Waals surface area contributed by atoms with Gasteiger partial charge in [-0.05, 0) is 54.5 Å². The highest BCUT2D eigenvalue weighted by atomic mass is 14.9. The molecule has 0 saturated heterocycles. The van der Waals surface area contributed by atoms with E-state index in [0.29, 0.717) is 6.04 Å². The predicted octanol–water partition coefficient (Wildman–Crippen LogP) is 4.54. The summed E-state index contributed by atoms with van der Waals surface area (Å²) in [5.74, 6) is 1.80. The molecule has 1 nitrogen and oxygen atoms in total. The van der Waals surface area contributed by atoms with E-state index in [4.69, 9.17) is 0 Å². The van der Waals surface area contributed by atoms with Crippen molar-refractivity contribution in [1.82, 2.24) is 5.32 Å². The molecule has 3 rings (SSSR count). The van der Waals surface area contributed by atoms with Crippen LogP contribution >= 0.6 is 0 Å². The van der Waals surface area contributed by atoms with Gasteiger partial charge >= 0.3 is 0 Å². The first-order valence-electron chi connectivity index (χ1n) is 7.47. The first-order chi connectivity index (χ1) is 9.25. The van der Waals surface area contributed by atoms with Gasteiger partial charge in [0.2, 0.25) is 0 Å². The maximum atomic E-state index is 3.71. The predicted molar refractivity (Wildman–Crippen MR) is 82.3 cm³/mol. The zero-order valence-corrected chi connectivity index (χ0v) is 11.9. The van der Waals surface area contributed by atoms with Crippen molar-refractivity contribution in [3.63, 3.8) is 0 Å². The van der Waals surface area contributed by atoms with Crippen molar-refractivity contribution in [2.75, 3.05) is 6.54 Å².